The van der Waals surface area contributed by atoms with Gasteiger partial charge < -0.3 is 30.6 Å². The topological polar surface area (TPSA) is 146 Å². The van der Waals surface area contributed by atoms with Crippen LogP contribution in [0.1, 0.15) is 49.6 Å². The normalized spacial score (nSPS) is 15.3. The Labute approximate surface area is 238 Å². The summed E-state index contributed by atoms with van der Waals surface area (Å²) >= 11 is 12.4. The minimum atomic E-state index is -0.960. The van der Waals surface area contributed by atoms with Crippen molar-refractivity contribution >= 4 is 40.3 Å². The van der Waals surface area contributed by atoms with Crippen LogP contribution in [0.2, 0.25) is 10.0 Å². The molecule has 3 aromatic rings. The van der Waals surface area contributed by atoms with Gasteiger partial charge in [-0.1, -0.05) is 23.2 Å². The van der Waals surface area contributed by atoms with Crippen molar-refractivity contribution < 1.29 is 14.2 Å². The van der Waals surface area contributed by atoms with Crippen molar-refractivity contribution in [3.8, 4) is 17.2 Å². The van der Waals surface area contributed by atoms with E-state index < -0.39 is 6.23 Å². The Morgan fingerprint density at radius 3 is 2.33 bits per heavy atom. The van der Waals surface area contributed by atoms with E-state index in [9.17, 15) is 0 Å². The van der Waals surface area contributed by atoms with Gasteiger partial charge in [-0.2, -0.15) is 0 Å². The number of hydrogen-bond acceptors (Lipinski definition) is 9. The first-order valence-electron chi connectivity index (χ1n) is 12.7. The molecule has 208 valence electrons. The van der Waals surface area contributed by atoms with Crippen LogP contribution >= 0.6 is 23.2 Å². The fraction of sp³-hybridized carbons (Fsp3) is 0.357. The number of nitrogens with two attached hydrogens (primary N) is 3. The maximum absolute atomic E-state index is 8.90. The Morgan fingerprint density at radius 1 is 1.05 bits per heavy atom. The maximum Gasteiger partial charge on any atom is 0.184 e. The van der Waals surface area contributed by atoms with E-state index in [1.807, 2.05) is 0 Å². The third-order valence-corrected chi connectivity index (χ3v) is 7.42. The molecular weight excluding hydrogens is 539 g/mol. The lowest BCUT2D eigenvalue weighted by Gasteiger charge is -2.35. The number of methoxy groups -OCH3 is 1. The highest BCUT2D eigenvalue weighted by molar-refractivity contribution is 6.35. The monoisotopic (exact) mass is 572 g/mol. The van der Waals surface area contributed by atoms with Gasteiger partial charge in [0, 0.05) is 53.9 Å². The number of nitrogens with zero attached hydrogens (tertiary/aromatic N) is 2. The number of benzene rings is 2. The summed E-state index contributed by atoms with van der Waals surface area (Å²) in [5.41, 5.74) is 21.1. The highest BCUT2D eigenvalue weighted by Gasteiger charge is 2.25. The number of halogens is 2. The van der Waals surface area contributed by atoms with E-state index >= 15 is 0 Å². The molecule has 11 heteroatoms. The van der Waals surface area contributed by atoms with Crippen molar-refractivity contribution in [2.75, 3.05) is 31.7 Å². The number of pyridine rings is 1. The van der Waals surface area contributed by atoms with Crippen LogP contribution in [0.3, 0.4) is 0 Å². The molecule has 0 saturated carbocycles. The van der Waals surface area contributed by atoms with Crippen molar-refractivity contribution in [1.29, 1.82) is 5.41 Å². The van der Waals surface area contributed by atoms with E-state index in [0.717, 1.165) is 25.9 Å². The van der Waals surface area contributed by atoms with E-state index in [1.165, 1.54) is 12.4 Å². The van der Waals surface area contributed by atoms with Gasteiger partial charge in [0.05, 0.1) is 28.6 Å². The summed E-state index contributed by atoms with van der Waals surface area (Å²) in [6.07, 6.45) is 3.77. The number of hydrogen-bond donors (Lipinski definition) is 4. The molecular formula is C28H34Cl2N6O3. The predicted molar refractivity (Wildman–Crippen MR) is 156 cm³/mol. The molecule has 1 aromatic heterocycles. The molecule has 0 spiro atoms. The molecule has 0 radical (unpaired) electrons. The van der Waals surface area contributed by atoms with Crippen molar-refractivity contribution in [3.63, 3.8) is 0 Å². The van der Waals surface area contributed by atoms with Gasteiger partial charge in [-0.3, -0.25) is 16.1 Å². The smallest absolute Gasteiger partial charge is 0.184 e. The van der Waals surface area contributed by atoms with Crippen LogP contribution in [0.15, 0.2) is 42.7 Å². The molecule has 0 unspecified atom stereocenters. The summed E-state index contributed by atoms with van der Waals surface area (Å²) in [6.45, 7) is 6.33. The van der Waals surface area contributed by atoms with E-state index in [2.05, 4.69) is 23.7 Å². The lowest BCUT2D eigenvalue weighted by atomic mass is 9.99. The zero-order valence-corrected chi connectivity index (χ0v) is 23.7. The molecule has 7 N–H and O–H groups in total. The predicted octanol–water partition coefficient (Wildman–Crippen LogP) is 5.27. The lowest BCUT2D eigenvalue weighted by Crippen LogP contribution is -2.41. The van der Waals surface area contributed by atoms with Gasteiger partial charge in [0.1, 0.15) is 11.9 Å². The van der Waals surface area contributed by atoms with Crippen LogP contribution in [-0.2, 0) is 0 Å². The van der Waals surface area contributed by atoms with Gasteiger partial charge in [0.2, 0.25) is 0 Å². The average Bonchev–Trinajstić information content (AvgIpc) is 2.90. The largest absolute Gasteiger partial charge is 0.493 e. The third kappa shape index (κ3) is 6.50. The number of nitrogens with one attached hydrogen (secondary N) is 1. The molecule has 9 nitrogen and oxygen atoms in total. The van der Waals surface area contributed by atoms with Crippen molar-refractivity contribution in [2.45, 2.75) is 45.1 Å². The molecule has 1 saturated heterocycles. The highest BCUT2D eigenvalue weighted by Crippen LogP contribution is 2.38. The summed E-state index contributed by atoms with van der Waals surface area (Å²) in [7, 11) is 1.55. The Bertz CT molecular complexity index is 1320. The fourth-order valence-electron chi connectivity index (χ4n) is 4.60. The molecule has 0 amide bonds. The van der Waals surface area contributed by atoms with Crippen LogP contribution in [-0.4, -0.2) is 47.9 Å². The quantitative estimate of drug-likeness (QED) is 0.154. The van der Waals surface area contributed by atoms with Gasteiger partial charge in [-0.25, -0.2) is 0 Å². The number of anilines is 2. The van der Waals surface area contributed by atoms with Gasteiger partial charge >= 0.3 is 0 Å². The molecule has 1 atom stereocenters. The lowest BCUT2D eigenvalue weighted by molar-refractivity contribution is 0.0828. The van der Waals surface area contributed by atoms with Gasteiger partial charge in [-0.05, 0) is 57.0 Å². The summed E-state index contributed by atoms with van der Waals surface area (Å²) < 4.78 is 17.8. The van der Waals surface area contributed by atoms with Gasteiger partial charge in [0.15, 0.2) is 17.7 Å². The molecule has 2 aromatic carbocycles. The molecule has 0 aliphatic carbocycles. The molecule has 1 aliphatic rings. The molecule has 1 aliphatic heterocycles. The first kappa shape index (κ1) is 28.8. The Morgan fingerprint density at radius 2 is 1.72 bits per heavy atom. The number of nitrogen functional groups attached to an aromatic ring is 2. The number of likely N-dealkylation sites (tertiary alicyclic amines) is 1. The van der Waals surface area contributed by atoms with Crippen molar-refractivity contribution in [2.24, 2.45) is 5.73 Å². The van der Waals surface area contributed by atoms with Crippen LogP contribution < -0.4 is 31.4 Å². The summed E-state index contributed by atoms with van der Waals surface area (Å²) in [5, 5.41) is 9.47. The molecule has 2 heterocycles. The van der Waals surface area contributed by atoms with Crippen molar-refractivity contribution in [3.05, 3.63) is 69.5 Å². The SMILES string of the molecule is COc1cc(C(=N)c2cc(O[C@H](N)c3c(Cl)cncc3Cl)ccc2N)cc(N)c1OC1CCN(C(C)C)CC1. The highest BCUT2D eigenvalue weighted by atomic mass is 35.5. The number of ether oxygens (including phenoxy) is 3. The van der Waals surface area contributed by atoms with Crippen LogP contribution in [0.5, 0.6) is 17.2 Å². The fourth-order valence-corrected chi connectivity index (χ4v) is 5.18. The summed E-state index contributed by atoms with van der Waals surface area (Å²) in [4.78, 5) is 6.37. The number of aromatic nitrogens is 1. The Balaban J connectivity index is 1.55. The second kappa shape index (κ2) is 12.3. The van der Waals surface area contributed by atoms with E-state index in [-0.39, 0.29) is 21.9 Å². The minimum absolute atomic E-state index is 0.0394. The molecule has 4 rings (SSSR count). The standard InChI is InChI=1S/C28H34Cl2N6O3/c1-15(2)36-8-6-17(7-9-36)38-27-23(32)10-16(11-24(27)37-3)26(33)19-12-18(4-5-22(19)31)39-28(34)25-20(29)13-35-14-21(25)30/h4-5,10-15,17,28,33H,6-9,31-32,34H2,1-3H3/t28-/m0/s1. The maximum atomic E-state index is 8.90. The second-order valence-corrected chi connectivity index (χ2v) is 10.5. The zero-order valence-electron chi connectivity index (χ0n) is 22.2. The Kier molecular flexibility index (Phi) is 9.07. The van der Waals surface area contributed by atoms with Gasteiger partial charge in [0.25, 0.3) is 0 Å². The average molecular weight is 574 g/mol. The minimum Gasteiger partial charge on any atom is -0.493 e. The molecule has 39 heavy (non-hydrogen) atoms. The van der Waals surface area contributed by atoms with Crippen molar-refractivity contribution in [1.82, 2.24) is 9.88 Å². The molecule has 0 bridgehead atoms. The summed E-state index contributed by atoms with van der Waals surface area (Å²) in [5.74, 6) is 1.32. The number of rotatable bonds is 9. The van der Waals surface area contributed by atoms with Crippen LogP contribution in [0, 0.1) is 5.41 Å². The van der Waals surface area contributed by atoms with E-state index in [4.69, 9.17) is 60.0 Å². The van der Waals surface area contributed by atoms with Gasteiger partial charge in [-0.15, -0.1) is 0 Å². The first-order valence-corrected chi connectivity index (χ1v) is 13.4. The summed E-state index contributed by atoms with van der Waals surface area (Å²) in [6, 6.07) is 8.87. The van der Waals surface area contributed by atoms with E-state index in [0.29, 0.717) is 51.4 Å². The Hall–Kier alpha value is -3.24. The third-order valence-electron chi connectivity index (χ3n) is 6.82. The van der Waals surface area contributed by atoms with Crippen LogP contribution in [0.4, 0.5) is 11.4 Å². The zero-order chi connectivity index (χ0) is 28.3. The molecule has 1 fully saturated rings. The number of piperidine rings is 1. The van der Waals surface area contributed by atoms with E-state index in [1.54, 1.807) is 37.4 Å². The second-order valence-electron chi connectivity index (χ2n) is 9.72. The van der Waals surface area contributed by atoms with Crippen LogP contribution in [0.25, 0.3) is 0 Å². The first-order chi connectivity index (χ1) is 18.6.